The van der Waals surface area contributed by atoms with E-state index in [0.29, 0.717) is 30.8 Å². The van der Waals surface area contributed by atoms with E-state index in [-0.39, 0.29) is 12.5 Å². The number of anilines is 2. The maximum absolute atomic E-state index is 12.1. The zero-order chi connectivity index (χ0) is 29.1. The largest absolute Gasteiger partial charge is 0.478 e. The van der Waals surface area contributed by atoms with E-state index in [1.165, 1.54) is 0 Å². The molecule has 38 heavy (non-hydrogen) atoms. The van der Waals surface area contributed by atoms with Gasteiger partial charge in [-0.15, -0.1) is 0 Å². The molecule has 2 rings (SSSR count). The molecule has 0 bridgehead atoms. The van der Waals surface area contributed by atoms with Crippen molar-refractivity contribution in [3.8, 4) is 0 Å². The van der Waals surface area contributed by atoms with Crippen molar-refractivity contribution < 1.29 is 49.5 Å². The number of piperazine rings is 1. The molecule has 1 aliphatic rings. The third-order valence-corrected chi connectivity index (χ3v) is 4.65. The molecule has 210 valence electrons. The van der Waals surface area contributed by atoms with E-state index >= 15 is 0 Å². The van der Waals surface area contributed by atoms with Gasteiger partial charge in [0.2, 0.25) is 5.91 Å². The summed E-state index contributed by atoms with van der Waals surface area (Å²) in [7, 11) is 3.98. The van der Waals surface area contributed by atoms with Crippen LogP contribution in [0.5, 0.6) is 0 Å². The van der Waals surface area contributed by atoms with E-state index in [1.807, 2.05) is 43.3 Å². The van der Waals surface area contributed by atoms with Gasteiger partial charge in [0.25, 0.3) is 0 Å². The summed E-state index contributed by atoms with van der Waals surface area (Å²) in [6, 6.07) is 7.82. The van der Waals surface area contributed by atoms with Crippen LogP contribution in [0.2, 0.25) is 0 Å². The van der Waals surface area contributed by atoms with Gasteiger partial charge < -0.3 is 35.7 Å². The molecule has 0 radical (unpaired) electrons. The van der Waals surface area contributed by atoms with Crippen molar-refractivity contribution in [2.24, 2.45) is 0 Å². The van der Waals surface area contributed by atoms with Crippen LogP contribution in [0.1, 0.15) is 0 Å². The number of rotatable bonds is 10. The van der Waals surface area contributed by atoms with Crippen LogP contribution < -0.4 is 10.2 Å². The summed E-state index contributed by atoms with van der Waals surface area (Å²) in [6.07, 6.45) is 2.23. The van der Waals surface area contributed by atoms with Crippen molar-refractivity contribution in [2.75, 3.05) is 70.2 Å². The van der Waals surface area contributed by atoms with Crippen LogP contribution in [-0.2, 0) is 24.0 Å². The second kappa shape index (κ2) is 18.9. The Bertz CT molecular complexity index is 903. The monoisotopic (exact) mass is 538 g/mol. The van der Waals surface area contributed by atoms with E-state index in [4.69, 9.17) is 25.5 Å². The molecule has 0 atom stereocenters. The number of hydrogen-bond donors (Lipinski definition) is 6. The van der Waals surface area contributed by atoms with E-state index in [1.54, 1.807) is 0 Å². The summed E-state index contributed by atoms with van der Waals surface area (Å²) < 4.78 is 0. The highest BCUT2D eigenvalue weighted by Gasteiger charge is 2.18. The van der Waals surface area contributed by atoms with Gasteiger partial charge >= 0.3 is 23.9 Å². The Morgan fingerprint density at radius 1 is 0.763 bits per heavy atom. The molecule has 1 fully saturated rings. The predicted octanol–water partition coefficient (Wildman–Crippen LogP) is -0.275. The SMILES string of the molecule is CN(C)c1ccc(NC(=O)CN2CCN(CCO)CC2)cc1.O=C(O)/C=C\C(=O)O.O=C(O)/C=C\C(=O)O. The minimum absolute atomic E-state index is 0.0215. The highest BCUT2D eigenvalue weighted by Crippen LogP contribution is 2.15. The van der Waals surface area contributed by atoms with Crippen LogP contribution in [0.15, 0.2) is 48.6 Å². The van der Waals surface area contributed by atoms with Crippen LogP contribution in [0.25, 0.3) is 0 Å². The van der Waals surface area contributed by atoms with Crippen molar-refractivity contribution >= 4 is 41.2 Å². The number of carbonyl (C=O) groups is 5. The Morgan fingerprint density at radius 3 is 1.50 bits per heavy atom. The molecule has 1 aromatic carbocycles. The Morgan fingerprint density at radius 2 is 1.16 bits per heavy atom. The first kappa shape index (κ1) is 33.7. The Balaban J connectivity index is 0.000000705. The lowest BCUT2D eigenvalue weighted by molar-refractivity contribution is -0.134. The normalized spacial score (nSPS) is 13.6. The fourth-order valence-electron chi connectivity index (χ4n) is 2.84. The number of amides is 1. The third-order valence-electron chi connectivity index (χ3n) is 4.65. The van der Waals surface area contributed by atoms with Crippen LogP contribution in [0.3, 0.4) is 0 Å². The molecule has 1 saturated heterocycles. The number of carboxylic acids is 4. The summed E-state index contributed by atoms with van der Waals surface area (Å²) in [5.41, 5.74) is 1.94. The smallest absolute Gasteiger partial charge is 0.328 e. The average molecular weight is 539 g/mol. The molecule has 1 heterocycles. The predicted molar refractivity (Wildman–Crippen MR) is 138 cm³/mol. The topological polar surface area (TPSA) is 208 Å². The molecule has 1 aromatic rings. The highest BCUT2D eigenvalue weighted by atomic mass is 16.4. The minimum Gasteiger partial charge on any atom is -0.478 e. The van der Waals surface area contributed by atoms with Crippen LogP contribution in [0.4, 0.5) is 11.4 Å². The number of aliphatic hydroxyl groups is 1. The molecule has 0 spiro atoms. The van der Waals surface area contributed by atoms with Crippen molar-refractivity contribution in [3.63, 3.8) is 0 Å². The number of nitrogens with one attached hydrogen (secondary N) is 1. The molecule has 0 saturated carbocycles. The zero-order valence-corrected chi connectivity index (χ0v) is 21.2. The summed E-state index contributed by atoms with van der Waals surface area (Å²) in [6.45, 7) is 4.89. The number of benzene rings is 1. The quantitative estimate of drug-likeness (QED) is 0.212. The second-order valence-corrected chi connectivity index (χ2v) is 7.85. The van der Waals surface area contributed by atoms with Gasteiger partial charge in [-0.05, 0) is 24.3 Å². The Labute approximate surface area is 219 Å². The molecule has 1 amide bonds. The molecule has 6 N–H and O–H groups in total. The molecule has 14 nitrogen and oxygen atoms in total. The van der Waals surface area contributed by atoms with E-state index in [9.17, 15) is 24.0 Å². The van der Waals surface area contributed by atoms with E-state index < -0.39 is 23.9 Å². The van der Waals surface area contributed by atoms with E-state index in [2.05, 4.69) is 15.1 Å². The van der Waals surface area contributed by atoms with Gasteiger partial charge in [0.15, 0.2) is 0 Å². The number of carbonyl (C=O) groups excluding carboxylic acids is 1. The van der Waals surface area contributed by atoms with Crippen LogP contribution >= 0.6 is 0 Å². The molecule has 1 aliphatic heterocycles. The van der Waals surface area contributed by atoms with Gasteiger partial charge in [-0.3, -0.25) is 14.6 Å². The van der Waals surface area contributed by atoms with Gasteiger partial charge in [-0.25, -0.2) is 19.2 Å². The number of β-amino-alcohol motifs (C(OH)–C–C–N with tert-alkyl or cyclic N) is 1. The minimum atomic E-state index is -1.26. The maximum atomic E-state index is 12.1. The van der Waals surface area contributed by atoms with Crippen molar-refractivity contribution in [3.05, 3.63) is 48.6 Å². The van der Waals surface area contributed by atoms with Crippen molar-refractivity contribution in [1.29, 1.82) is 0 Å². The first-order chi connectivity index (χ1) is 17.8. The number of nitrogens with zero attached hydrogens (tertiary/aromatic N) is 3. The molecule has 14 heteroatoms. The second-order valence-electron chi connectivity index (χ2n) is 7.85. The lowest BCUT2D eigenvalue weighted by atomic mass is 10.2. The lowest BCUT2D eigenvalue weighted by Gasteiger charge is -2.33. The standard InChI is InChI=1S/C16H26N4O2.2C4H4O4/c1-18(2)15-5-3-14(4-6-15)17-16(22)13-20-9-7-19(8-10-20)11-12-21;2*5-3(6)1-2-4(7)8/h3-6,21H,7-13H2,1-2H3,(H,17,22);2*1-2H,(H,5,6)(H,7,8)/b;2*2-1-. The van der Waals surface area contributed by atoms with Crippen molar-refractivity contribution in [1.82, 2.24) is 9.80 Å². The summed E-state index contributed by atoms with van der Waals surface area (Å²) in [4.78, 5) is 56.7. The number of aliphatic hydroxyl groups excluding tert-OH is 1. The first-order valence-electron chi connectivity index (χ1n) is 11.2. The summed E-state index contributed by atoms with van der Waals surface area (Å²) in [5, 5.41) is 43.1. The average Bonchev–Trinajstić information content (AvgIpc) is 2.84. The fourth-order valence-corrected chi connectivity index (χ4v) is 2.84. The lowest BCUT2D eigenvalue weighted by Crippen LogP contribution is -2.49. The fraction of sp³-hybridized carbons (Fsp3) is 0.375. The summed E-state index contributed by atoms with van der Waals surface area (Å²) in [5.74, 6) is -5.01. The van der Waals surface area contributed by atoms with Gasteiger partial charge in [0.1, 0.15) is 0 Å². The Kier molecular flexibility index (Phi) is 16.8. The van der Waals surface area contributed by atoms with Gasteiger partial charge in [0.05, 0.1) is 13.2 Å². The summed E-state index contributed by atoms with van der Waals surface area (Å²) >= 11 is 0. The van der Waals surface area contributed by atoms with E-state index in [0.717, 1.165) is 44.1 Å². The third kappa shape index (κ3) is 18.1. The molecular formula is C24H34N4O10. The number of hydrogen-bond acceptors (Lipinski definition) is 9. The van der Waals surface area contributed by atoms with Crippen LogP contribution in [-0.4, -0.2) is 125 Å². The molecule has 0 aliphatic carbocycles. The molecule has 0 aromatic heterocycles. The zero-order valence-electron chi connectivity index (χ0n) is 21.2. The highest BCUT2D eigenvalue weighted by molar-refractivity contribution is 5.92. The maximum Gasteiger partial charge on any atom is 0.328 e. The number of carboxylic acid groups (broad SMARTS) is 4. The van der Waals surface area contributed by atoms with Crippen molar-refractivity contribution in [2.45, 2.75) is 0 Å². The van der Waals surface area contributed by atoms with Crippen LogP contribution in [0, 0.1) is 0 Å². The molecule has 0 unspecified atom stereocenters. The number of aliphatic carboxylic acids is 4. The first-order valence-corrected chi connectivity index (χ1v) is 11.2. The Hall–Kier alpha value is -4.27. The van der Waals surface area contributed by atoms with Gasteiger partial charge in [-0.2, -0.15) is 0 Å². The van der Waals surface area contributed by atoms with Gasteiger partial charge in [-0.1, -0.05) is 0 Å². The molecular weight excluding hydrogens is 504 g/mol. The van der Waals surface area contributed by atoms with Gasteiger partial charge in [0, 0.05) is 82.5 Å².